The van der Waals surface area contributed by atoms with E-state index in [-0.39, 0.29) is 5.54 Å². The minimum atomic E-state index is 0.118. The number of hydrogen-bond donors (Lipinski definition) is 2. The van der Waals surface area contributed by atoms with Crippen LogP contribution in [0.4, 0.5) is 0 Å². The molecule has 4 nitrogen and oxygen atoms in total. The molecule has 2 saturated heterocycles. The maximum absolute atomic E-state index is 5.91. The van der Waals surface area contributed by atoms with Crippen molar-refractivity contribution in [2.45, 2.75) is 78.3 Å². The third kappa shape index (κ3) is 11.9. The molecule has 2 aliphatic rings. The third-order valence-corrected chi connectivity index (χ3v) is 4.82. The number of nitrogens with zero attached hydrogens (tertiary/aromatic N) is 2. The highest BCUT2D eigenvalue weighted by Crippen LogP contribution is 2.19. The van der Waals surface area contributed by atoms with Crippen LogP contribution in [0.25, 0.3) is 0 Å². The molecule has 0 radical (unpaired) electrons. The minimum absolute atomic E-state index is 0.118. The molecule has 4 heteroatoms. The lowest BCUT2D eigenvalue weighted by molar-refractivity contribution is 0.178. The van der Waals surface area contributed by atoms with Crippen LogP contribution in [0.15, 0.2) is 0 Å². The number of likely N-dealkylation sites (tertiary alicyclic amines) is 2. The predicted octanol–water partition coefficient (Wildman–Crippen LogP) is 3.17. The summed E-state index contributed by atoms with van der Waals surface area (Å²) < 4.78 is 0. The summed E-state index contributed by atoms with van der Waals surface area (Å²) in [5.74, 6) is 0. The van der Waals surface area contributed by atoms with E-state index in [0.717, 1.165) is 25.9 Å². The van der Waals surface area contributed by atoms with Crippen LogP contribution in [0.3, 0.4) is 0 Å². The molecule has 0 aliphatic carbocycles. The van der Waals surface area contributed by atoms with Crippen LogP contribution < -0.4 is 11.1 Å². The second-order valence-corrected chi connectivity index (χ2v) is 7.07. The van der Waals surface area contributed by atoms with Gasteiger partial charge in [0.15, 0.2) is 0 Å². The lowest BCUT2D eigenvalue weighted by Gasteiger charge is -2.37. The van der Waals surface area contributed by atoms with Gasteiger partial charge >= 0.3 is 0 Å². The molecule has 0 saturated carbocycles. The van der Waals surface area contributed by atoms with Crippen LogP contribution in [0.1, 0.15) is 67.2 Å². The Labute approximate surface area is 147 Å². The van der Waals surface area contributed by atoms with Crippen molar-refractivity contribution < 1.29 is 0 Å². The van der Waals surface area contributed by atoms with Gasteiger partial charge in [-0.2, -0.15) is 0 Å². The molecular weight excluding hydrogens is 284 g/mol. The highest BCUT2D eigenvalue weighted by Gasteiger charge is 2.26. The van der Waals surface area contributed by atoms with Crippen molar-refractivity contribution >= 4 is 0 Å². The summed E-state index contributed by atoms with van der Waals surface area (Å²) in [7, 11) is 6.40. The number of rotatable bonds is 1. The first-order valence-electron chi connectivity index (χ1n) is 9.61. The van der Waals surface area contributed by atoms with Gasteiger partial charge < -0.3 is 20.9 Å². The van der Waals surface area contributed by atoms with Gasteiger partial charge in [0.1, 0.15) is 0 Å². The van der Waals surface area contributed by atoms with E-state index in [9.17, 15) is 0 Å². The van der Waals surface area contributed by atoms with E-state index in [1.54, 1.807) is 0 Å². The normalized spacial score (nSPS) is 23.2. The van der Waals surface area contributed by atoms with Crippen LogP contribution in [0.2, 0.25) is 0 Å². The SMILES string of the molecule is CC.CC.CN1CCC(C)(N)CC1.CNC1(C)CCN(C)CC1. The van der Waals surface area contributed by atoms with Crippen molar-refractivity contribution in [2.75, 3.05) is 47.3 Å². The summed E-state index contributed by atoms with van der Waals surface area (Å²) >= 11 is 0. The molecular formula is C19H46N4. The Morgan fingerprint density at radius 2 is 1.04 bits per heavy atom. The van der Waals surface area contributed by atoms with E-state index in [1.807, 2.05) is 27.7 Å². The number of nitrogens with two attached hydrogens (primary N) is 1. The molecule has 0 unspecified atom stereocenters. The van der Waals surface area contributed by atoms with E-state index in [0.29, 0.717) is 5.54 Å². The first-order valence-corrected chi connectivity index (χ1v) is 9.61. The molecule has 2 aliphatic heterocycles. The monoisotopic (exact) mass is 330 g/mol. The fourth-order valence-electron chi connectivity index (χ4n) is 2.49. The maximum atomic E-state index is 5.91. The molecule has 0 aromatic rings. The average Bonchev–Trinajstić information content (AvgIpc) is 2.58. The Balaban J connectivity index is 0. The molecule has 0 atom stereocenters. The first kappa shape index (κ1) is 25.1. The minimum Gasteiger partial charge on any atom is -0.325 e. The number of hydrogen-bond acceptors (Lipinski definition) is 4. The molecule has 23 heavy (non-hydrogen) atoms. The second kappa shape index (κ2) is 13.2. The molecule has 0 aromatic heterocycles. The fraction of sp³-hybridized carbons (Fsp3) is 1.00. The van der Waals surface area contributed by atoms with Crippen LogP contribution in [-0.4, -0.2) is 68.2 Å². The summed E-state index contributed by atoms with van der Waals surface area (Å²) in [6, 6.07) is 0. The summed E-state index contributed by atoms with van der Waals surface area (Å²) in [6.45, 7) is 17.2. The lowest BCUT2D eigenvalue weighted by Crippen LogP contribution is -2.48. The predicted molar refractivity (Wildman–Crippen MR) is 106 cm³/mol. The lowest BCUT2D eigenvalue weighted by atomic mass is 9.90. The first-order chi connectivity index (χ1) is 10.8. The van der Waals surface area contributed by atoms with Crippen LogP contribution >= 0.6 is 0 Å². The van der Waals surface area contributed by atoms with Crippen molar-refractivity contribution in [1.29, 1.82) is 0 Å². The average molecular weight is 331 g/mol. The molecule has 0 spiro atoms. The van der Waals surface area contributed by atoms with E-state index in [1.165, 1.54) is 25.9 Å². The van der Waals surface area contributed by atoms with Gasteiger partial charge in [-0.1, -0.05) is 27.7 Å². The Morgan fingerprint density at radius 3 is 1.30 bits per heavy atom. The molecule has 0 bridgehead atoms. The highest BCUT2D eigenvalue weighted by atomic mass is 15.1. The Bertz CT molecular complexity index is 248. The molecule has 0 aromatic carbocycles. The van der Waals surface area contributed by atoms with Crippen LogP contribution in [0, 0.1) is 0 Å². The van der Waals surface area contributed by atoms with Crippen molar-refractivity contribution in [2.24, 2.45) is 5.73 Å². The van der Waals surface area contributed by atoms with Gasteiger partial charge in [-0.25, -0.2) is 0 Å². The quantitative estimate of drug-likeness (QED) is 0.775. The molecule has 142 valence electrons. The van der Waals surface area contributed by atoms with Crippen LogP contribution in [0.5, 0.6) is 0 Å². The Kier molecular flexibility index (Phi) is 14.4. The van der Waals surface area contributed by atoms with Crippen molar-refractivity contribution in [3.05, 3.63) is 0 Å². The van der Waals surface area contributed by atoms with Crippen molar-refractivity contribution in [3.8, 4) is 0 Å². The molecule has 3 N–H and O–H groups in total. The highest BCUT2D eigenvalue weighted by molar-refractivity contribution is 4.87. The zero-order valence-corrected chi connectivity index (χ0v) is 17.6. The number of nitrogens with one attached hydrogen (secondary N) is 1. The van der Waals surface area contributed by atoms with E-state index in [4.69, 9.17) is 5.73 Å². The molecule has 0 amide bonds. The number of piperidine rings is 2. The van der Waals surface area contributed by atoms with Gasteiger partial charge in [0.25, 0.3) is 0 Å². The van der Waals surface area contributed by atoms with Crippen molar-refractivity contribution in [1.82, 2.24) is 15.1 Å². The standard InChI is InChI=1S/C8H18N2.C7H16N2.2C2H6/c1-8(9-2)4-6-10(3)7-5-8;1-7(8)3-5-9(2)6-4-7;2*1-2/h9H,4-7H2,1-3H3;3-6,8H2,1-2H3;2*1-2H3. The molecule has 2 rings (SSSR count). The smallest absolute Gasteiger partial charge is 0.0174 e. The van der Waals surface area contributed by atoms with Gasteiger partial charge in [0.05, 0.1) is 0 Å². The third-order valence-electron chi connectivity index (χ3n) is 4.82. The summed E-state index contributed by atoms with van der Waals surface area (Å²) in [4.78, 5) is 4.72. The summed E-state index contributed by atoms with van der Waals surface area (Å²) in [5.41, 5.74) is 6.44. The second-order valence-electron chi connectivity index (χ2n) is 7.07. The van der Waals surface area contributed by atoms with E-state index in [2.05, 4.69) is 50.1 Å². The zero-order chi connectivity index (χ0) is 18.5. The van der Waals surface area contributed by atoms with Crippen LogP contribution in [-0.2, 0) is 0 Å². The van der Waals surface area contributed by atoms with Gasteiger partial charge in [0, 0.05) is 11.1 Å². The van der Waals surface area contributed by atoms with E-state index >= 15 is 0 Å². The van der Waals surface area contributed by atoms with Crippen molar-refractivity contribution in [3.63, 3.8) is 0 Å². The van der Waals surface area contributed by atoms with E-state index < -0.39 is 0 Å². The van der Waals surface area contributed by atoms with Gasteiger partial charge in [-0.3, -0.25) is 0 Å². The molecule has 2 heterocycles. The topological polar surface area (TPSA) is 44.5 Å². The molecule has 2 fully saturated rings. The summed E-state index contributed by atoms with van der Waals surface area (Å²) in [5, 5.41) is 3.37. The Morgan fingerprint density at radius 1 is 0.739 bits per heavy atom. The maximum Gasteiger partial charge on any atom is 0.0174 e. The summed E-state index contributed by atoms with van der Waals surface area (Å²) in [6.07, 6.45) is 4.84. The van der Waals surface area contributed by atoms with Gasteiger partial charge in [0.2, 0.25) is 0 Å². The zero-order valence-electron chi connectivity index (χ0n) is 17.6. The van der Waals surface area contributed by atoms with Gasteiger partial charge in [-0.15, -0.1) is 0 Å². The largest absolute Gasteiger partial charge is 0.325 e. The van der Waals surface area contributed by atoms with Gasteiger partial charge in [-0.05, 0) is 86.9 Å². The Hall–Kier alpha value is -0.160. The fourth-order valence-corrected chi connectivity index (χ4v) is 2.49.